The molecule has 2 rings (SSSR count). The van der Waals surface area contributed by atoms with Crippen molar-refractivity contribution in [3.8, 4) is 0 Å². The van der Waals surface area contributed by atoms with Crippen molar-refractivity contribution >= 4 is 22.8 Å². The van der Waals surface area contributed by atoms with Crippen LogP contribution < -0.4 is 0 Å². The Morgan fingerprint density at radius 3 is 1.39 bits per heavy atom. The number of carbonyl (C=O) groups excluding carboxylic acids is 2. The third-order valence-electron chi connectivity index (χ3n) is 6.91. The number of allylic oxidation sites excluding steroid dienone is 4. The maximum atomic E-state index is 13.7. The molecule has 0 aliphatic carbocycles. The second-order valence-electron chi connectivity index (χ2n) is 11.6. The van der Waals surface area contributed by atoms with Crippen LogP contribution in [0.15, 0.2) is 84.0 Å². The predicted octanol–water partition coefficient (Wildman–Crippen LogP) is 9.74. The number of esters is 1. The molecular formula is C36H47ClF6O6. The van der Waals surface area contributed by atoms with Crippen LogP contribution in [0.3, 0.4) is 0 Å². The van der Waals surface area contributed by atoms with Crippen molar-refractivity contribution in [3.05, 3.63) is 95.1 Å². The fourth-order valence-corrected chi connectivity index (χ4v) is 4.60. The number of halogens is 7. The van der Waals surface area contributed by atoms with Gasteiger partial charge in [-0.25, -0.2) is 4.79 Å². The molecule has 0 fully saturated rings. The smallest absolute Gasteiger partial charge is 0.432 e. The summed E-state index contributed by atoms with van der Waals surface area (Å²) in [6.07, 6.45) is -3.65. The lowest BCUT2D eigenvalue weighted by atomic mass is 9.92. The SMILES string of the molecule is CC(C)=CCC[C@@H](C)O.CO[C@@](C(=O)Cl)(c1ccccc1)C(F)(F)F.CO[C@@](C(=O)O[C@H](C)CCC=C(C)C)(c1ccccc1)C(F)(F)F. The molecule has 0 aliphatic rings. The summed E-state index contributed by atoms with van der Waals surface area (Å²) in [5, 5.41) is 7.22. The number of aliphatic hydroxyl groups is 1. The molecule has 0 spiro atoms. The Morgan fingerprint density at radius 2 is 1.08 bits per heavy atom. The molecule has 0 saturated carbocycles. The van der Waals surface area contributed by atoms with Crippen molar-refractivity contribution < 1.29 is 55.2 Å². The second kappa shape index (κ2) is 21.1. The molecule has 0 aromatic heterocycles. The zero-order valence-electron chi connectivity index (χ0n) is 29.0. The molecule has 0 bridgehead atoms. The first kappa shape index (κ1) is 45.8. The van der Waals surface area contributed by atoms with Crippen molar-refractivity contribution in [3.63, 3.8) is 0 Å². The van der Waals surface area contributed by atoms with Crippen molar-refractivity contribution in [2.45, 2.75) is 103 Å². The minimum absolute atomic E-state index is 0.152. The van der Waals surface area contributed by atoms with E-state index >= 15 is 0 Å². The first-order chi connectivity index (χ1) is 22.6. The molecule has 0 amide bonds. The molecule has 2 aromatic carbocycles. The van der Waals surface area contributed by atoms with Gasteiger partial charge < -0.3 is 19.3 Å². The molecule has 0 saturated heterocycles. The molecule has 4 atom stereocenters. The number of carbonyl (C=O) groups is 2. The van der Waals surface area contributed by atoms with Gasteiger partial charge in [-0.3, -0.25) is 4.79 Å². The van der Waals surface area contributed by atoms with E-state index < -0.39 is 40.9 Å². The number of hydrogen-bond donors (Lipinski definition) is 1. The van der Waals surface area contributed by atoms with Gasteiger partial charge in [0.2, 0.25) is 0 Å². The summed E-state index contributed by atoms with van der Waals surface area (Å²) in [5.74, 6) is -1.45. The van der Waals surface area contributed by atoms with E-state index in [4.69, 9.17) is 21.4 Å². The highest BCUT2D eigenvalue weighted by Gasteiger charge is 2.64. The molecule has 0 heterocycles. The second-order valence-corrected chi connectivity index (χ2v) is 11.9. The Labute approximate surface area is 290 Å². The van der Waals surface area contributed by atoms with E-state index in [1.807, 2.05) is 26.8 Å². The third-order valence-corrected chi connectivity index (χ3v) is 7.17. The number of methoxy groups -OCH3 is 2. The van der Waals surface area contributed by atoms with Crippen LogP contribution in [0.5, 0.6) is 0 Å². The summed E-state index contributed by atoms with van der Waals surface area (Å²) in [6.45, 7) is 11.4. The van der Waals surface area contributed by atoms with Gasteiger partial charge in [0, 0.05) is 25.3 Å². The van der Waals surface area contributed by atoms with Gasteiger partial charge in [-0.2, -0.15) is 26.3 Å². The lowest BCUT2D eigenvalue weighted by Crippen LogP contribution is -2.52. The predicted molar refractivity (Wildman–Crippen MR) is 178 cm³/mol. The van der Waals surface area contributed by atoms with E-state index in [0.29, 0.717) is 12.8 Å². The van der Waals surface area contributed by atoms with Crippen molar-refractivity contribution in [1.82, 2.24) is 0 Å². The Morgan fingerprint density at radius 1 is 0.714 bits per heavy atom. The van der Waals surface area contributed by atoms with Crippen LogP contribution in [-0.2, 0) is 35.0 Å². The van der Waals surface area contributed by atoms with Crippen LogP contribution in [-0.4, -0.2) is 55.1 Å². The minimum atomic E-state index is -4.94. The number of hydrogen-bond acceptors (Lipinski definition) is 6. The average molecular weight is 725 g/mol. The van der Waals surface area contributed by atoms with Crippen molar-refractivity contribution in [2.24, 2.45) is 0 Å². The molecule has 0 unspecified atom stereocenters. The fraction of sp³-hybridized carbons (Fsp3) is 0.500. The van der Waals surface area contributed by atoms with E-state index in [2.05, 4.69) is 29.4 Å². The number of rotatable bonds is 13. The lowest BCUT2D eigenvalue weighted by Gasteiger charge is -2.33. The van der Waals surface area contributed by atoms with E-state index in [0.717, 1.165) is 44.8 Å². The van der Waals surface area contributed by atoms with Crippen LogP contribution in [0.2, 0.25) is 0 Å². The van der Waals surface area contributed by atoms with Gasteiger partial charge >= 0.3 is 18.3 Å². The van der Waals surface area contributed by atoms with Crippen LogP contribution in [0.1, 0.15) is 78.4 Å². The highest BCUT2D eigenvalue weighted by atomic mass is 35.5. The maximum absolute atomic E-state index is 13.7. The Balaban J connectivity index is 0.000000790. The van der Waals surface area contributed by atoms with Gasteiger partial charge in [-0.05, 0) is 78.8 Å². The van der Waals surface area contributed by atoms with E-state index in [1.165, 1.54) is 48.0 Å². The Bertz CT molecular complexity index is 1320. The lowest BCUT2D eigenvalue weighted by molar-refractivity contribution is -0.278. The molecule has 2 aromatic rings. The summed E-state index contributed by atoms with van der Waals surface area (Å²) < 4.78 is 93.8. The summed E-state index contributed by atoms with van der Waals surface area (Å²) in [6, 6.07) is 13.3. The normalized spacial score (nSPS) is 14.9. The quantitative estimate of drug-likeness (QED) is 0.0959. The number of benzene rings is 2. The zero-order valence-corrected chi connectivity index (χ0v) is 29.8. The minimum Gasteiger partial charge on any atom is -0.460 e. The fourth-order valence-electron chi connectivity index (χ4n) is 4.31. The number of alkyl halides is 6. The zero-order chi connectivity index (χ0) is 38.1. The molecular weight excluding hydrogens is 678 g/mol. The van der Waals surface area contributed by atoms with Crippen molar-refractivity contribution in [2.75, 3.05) is 14.2 Å². The highest BCUT2D eigenvalue weighted by molar-refractivity contribution is 6.65. The summed E-state index contributed by atoms with van der Waals surface area (Å²) >= 11 is 5.04. The topological polar surface area (TPSA) is 82.1 Å². The molecule has 0 aliphatic heterocycles. The Kier molecular flexibility index (Phi) is 19.7. The number of ether oxygens (including phenoxy) is 3. The van der Waals surface area contributed by atoms with Gasteiger partial charge in [-0.1, -0.05) is 84.0 Å². The standard InChI is InChI=1S/C18H23F3O3.C10H8ClF3O2.C8H16O/c1-13(2)9-8-10-14(3)24-16(22)17(23-4,18(19,20)21)15-11-6-5-7-12-15;1-16-9(8(11)15,10(12,13)14)7-5-3-2-4-6-7;1-7(2)5-4-6-8(3)9/h5-7,9,11-12,14H,8,10H2,1-4H3;2-6H,1H3;5,8-9H,4,6H2,1-3H3/t14-,17-;9-;8-/m111/s1. The van der Waals surface area contributed by atoms with Crippen LogP contribution in [0.25, 0.3) is 0 Å². The highest BCUT2D eigenvalue weighted by Crippen LogP contribution is 2.44. The van der Waals surface area contributed by atoms with Gasteiger partial charge in [0.1, 0.15) is 0 Å². The molecule has 49 heavy (non-hydrogen) atoms. The van der Waals surface area contributed by atoms with Gasteiger partial charge in [0.05, 0.1) is 12.2 Å². The van der Waals surface area contributed by atoms with E-state index in [-0.39, 0.29) is 17.2 Å². The molecule has 6 nitrogen and oxygen atoms in total. The van der Waals surface area contributed by atoms with Gasteiger partial charge in [0.25, 0.3) is 16.4 Å². The average Bonchev–Trinajstić information content (AvgIpc) is 2.98. The monoisotopic (exact) mass is 724 g/mol. The number of aliphatic hydroxyl groups excluding tert-OH is 1. The maximum Gasteiger partial charge on any atom is 0.432 e. The first-order valence-corrected chi connectivity index (χ1v) is 15.7. The van der Waals surface area contributed by atoms with Gasteiger partial charge in [0.15, 0.2) is 0 Å². The first-order valence-electron chi connectivity index (χ1n) is 15.3. The van der Waals surface area contributed by atoms with Gasteiger partial charge in [-0.15, -0.1) is 0 Å². The van der Waals surface area contributed by atoms with E-state index in [1.54, 1.807) is 13.0 Å². The van der Waals surface area contributed by atoms with Crippen LogP contribution >= 0.6 is 11.6 Å². The summed E-state index contributed by atoms with van der Waals surface area (Å²) in [7, 11) is 1.65. The van der Waals surface area contributed by atoms with Crippen LogP contribution in [0.4, 0.5) is 26.3 Å². The molecule has 1 N–H and O–H groups in total. The summed E-state index contributed by atoms with van der Waals surface area (Å²) in [5.41, 5.74) is -4.45. The van der Waals surface area contributed by atoms with Crippen molar-refractivity contribution in [1.29, 1.82) is 0 Å². The van der Waals surface area contributed by atoms with E-state index in [9.17, 15) is 35.9 Å². The molecule has 13 heteroatoms. The third kappa shape index (κ3) is 13.9. The Hall–Kier alpha value is -3.19. The molecule has 0 radical (unpaired) electrons. The largest absolute Gasteiger partial charge is 0.460 e. The van der Waals surface area contributed by atoms with Crippen LogP contribution in [0, 0.1) is 0 Å². The summed E-state index contributed by atoms with van der Waals surface area (Å²) in [4.78, 5) is 23.4. The molecule has 276 valence electrons.